The van der Waals surface area contributed by atoms with Gasteiger partial charge in [0, 0.05) is 11.7 Å². The first-order valence-corrected chi connectivity index (χ1v) is 8.12. The summed E-state index contributed by atoms with van der Waals surface area (Å²) in [6.45, 7) is 2.93. The lowest BCUT2D eigenvalue weighted by molar-refractivity contribution is -0.132. The number of allylic oxidation sites excluding steroid dienone is 1. The van der Waals surface area contributed by atoms with Crippen molar-refractivity contribution in [1.29, 1.82) is 0 Å². The van der Waals surface area contributed by atoms with Gasteiger partial charge in [-0.25, -0.2) is 4.79 Å². The van der Waals surface area contributed by atoms with E-state index < -0.39 is 19.1 Å². The van der Waals surface area contributed by atoms with Gasteiger partial charge in [-0.3, -0.25) is 0 Å². The molecule has 1 fully saturated rings. The van der Waals surface area contributed by atoms with Crippen LogP contribution in [-0.4, -0.2) is 27.7 Å². The highest BCUT2D eigenvalue weighted by atomic mass is 31.1. The first-order valence-electron chi connectivity index (χ1n) is 6.50. The van der Waals surface area contributed by atoms with Crippen LogP contribution in [0.2, 0.25) is 0 Å². The molecule has 1 rings (SSSR count). The summed E-state index contributed by atoms with van der Waals surface area (Å²) in [6.07, 6.45) is 7.26. The summed E-state index contributed by atoms with van der Waals surface area (Å²) in [5.41, 5.74) is 0.202. The second-order valence-electron chi connectivity index (χ2n) is 5.55. The Morgan fingerprint density at radius 3 is 2.33 bits per heavy atom. The third-order valence-electron chi connectivity index (χ3n) is 3.39. The molecule has 0 saturated heterocycles. The molecule has 0 heterocycles. The molecule has 104 valence electrons. The molecule has 0 aliphatic heterocycles. The van der Waals surface area contributed by atoms with Crippen LogP contribution in [0.4, 0.5) is 0 Å². The Hall–Kier alpha value is -0.600. The van der Waals surface area contributed by atoms with Crippen LogP contribution in [0.25, 0.3) is 0 Å². The molecule has 1 atom stereocenters. The van der Waals surface area contributed by atoms with Gasteiger partial charge in [0.2, 0.25) is 0 Å². The number of hydrogen-bond donors (Lipinski definition) is 2. The number of aliphatic carboxylic acids is 1. The maximum Gasteiger partial charge on any atom is 0.331 e. The zero-order chi connectivity index (χ0) is 13.8. The molecule has 2 N–H and O–H groups in total. The lowest BCUT2D eigenvalue weighted by Gasteiger charge is -2.20. The Kier molecular flexibility index (Phi) is 5.61. The van der Waals surface area contributed by atoms with Crippen LogP contribution in [0.1, 0.15) is 46.0 Å². The number of carbonyl (C=O) groups is 1. The van der Waals surface area contributed by atoms with Gasteiger partial charge in [0.25, 0.3) is 0 Å². The first kappa shape index (κ1) is 15.5. The van der Waals surface area contributed by atoms with Crippen LogP contribution in [-0.2, 0) is 9.36 Å². The highest BCUT2D eigenvalue weighted by Crippen LogP contribution is 2.38. The van der Waals surface area contributed by atoms with E-state index in [1.807, 2.05) is 0 Å². The van der Waals surface area contributed by atoms with Crippen molar-refractivity contribution in [1.82, 2.24) is 0 Å². The highest BCUT2D eigenvalue weighted by Gasteiger charge is 2.25. The Morgan fingerprint density at radius 1 is 1.33 bits per heavy atom. The predicted octanol–water partition coefficient (Wildman–Crippen LogP) is 2.87. The fourth-order valence-electron chi connectivity index (χ4n) is 2.18. The average Bonchev–Trinajstić information content (AvgIpc) is 2.28. The molecule has 5 heteroatoms. The van der Waals surface area contributed by atoms with Gasteiger partial charge >= 0.3 is 5.97 Å². The Bertz CT molecular complexity index is 348. The zero-order valence-corrected chi connectivity index (χ0v) is 12.1. The first-order chi connectivity index (χ1) is 8.30. The van der Waals surface area contributed by atoms with Crippen molar-refractivity contribution in [2.45, 2.75) is 51.3 Å². The third-order valence-corrected chi connectivity index (χ3v) is 5.46. The minimum Gasteiger partial charge on any atom is -0.478 e. The monoisotopic (exact) mass is 274 g/mol. The summed E-state index contributed by atoms with van der Waals surface area (Å²) >= 11 is 0. The van der Waals surface area contributed by atoms with E-state index in [1.165, 1.54) is 20.3 Å². The summed E-state index contributed by atoms with van der Waals surface area (Å²) in [5, 5.41) is 17.5. The molecule has 0 aromatic rings. The predicted molar refractivity (Wildman–Crippen MR) is 72.5 cm³/mol. The summed E-state index contributed by atoms with van der Waals surface area (Å²) in [6, 6.07) is 0. The van der Waals surface area contributed by atoms with Gasteiger partial charge in [0.1, 0.15) is 13.1 Å². The molecule has 1 unspecified atom stereocenters. The molecule has 0 amide bonds. The molecule has 1 aliphatic rings. The molecule has 0 aromatic carbocycles. The van der Waals surface area contributed by atoms with Crippen LogP contribution in [0.5, 0.6) is 0 Å². The van der Waals surface area contributed by atoms with Gasteiger partial charge in [-0.1, -0.05) is 25.3 Å². The summed E-state index contributed by atoms with van der Waals surface area (Å²) in [5.74, 6) is -0.718. The van der Waals surface area contributed by atoms with Crippen molar-refractivity contribution >= 4 is 13.8 Å². The van der Waals surface area contributed by atoms with E-state index in [0.717, 1.165) is 25.7 Å². The lowest BCUT2D eigenvalue weighted by atomic mass is 9.88. The molecule has 0 aromatic heterocycles. The SMILES string of the molecule is CC(C)(O)[PH](=O)CC(=CC1CCCCC1)C(=O)O. The molecular formula is C13H23O4P. The van der Waals surface area contributed by atoms with E-state index in [9.17, 15) is 14.5 Å². The number of carboxylic acid groups (broad SMARTS) is 1. The number of aliphatic hydroxyl groups is 1. The van der Waals surface area contributed by atoms with Crippen molar-refractivity contribution in [2.75, 3.05) is 6.16 Å². The Labute approximate surface area is 109 Å². The minimum atomic E-state index is -2.34. The largest absolute Gasteiger partial charge is 0.478 e. The highest BCUT2D eigenvalue weighted by molar-refractivity contribution is 7.46. The second-order valence-corrected chi connectivity index (χ2v) is 7.98. The molecule has 4 nitrogen and oxygen atoms in total. The van der Waals surface area contributed by atoms with E-state index in [4.69, 9.17) is 5.11 Å². The van der Waals surface area contributed by atoms with Gasteiger partial charge in [-0.15, -0.1) is 0 Å². The van der Waals surface area contributed by atoms with Crippen molar-refractivity contribution in [3.63, 3.8) is 0 Å². The van der Waals surface area contributed by atoms with Crippen LogP contribution < -0.4 is 0 Å². The topological polar surface area (TPSA) is 74.6 Å². The smallest absolute Gasteiger partial charge is 0.331 e. The average molecular weight is 274 g/mol. The van der Waals surface area contributed by atoms with E-state index in [0.29, 0.717) is 5.92 Å². The van der Waals surface area contributed by atoms with E-state index in [-0.39, 0.29) is 11.7 Å². The van der Waals surface area contributed by atoms with E-state index in [2.05, 4.69) is 0 Å². The molecule has 1 aliphatic carbocycles. The second kappa shape index (κ2) is 6.53. The van der Waals surface area contributed by atoms with Gasteiger partial charge in [0.05, 0.1) is 0 Å². The zero-order valence-electron chi connectivity index (χ0n) is 11.1. The quantitative estimate of drug-likeness (QED) is 0.597. The van der Waals surface area contributed by atoms with Crippen LogP contribution in [0.3, 0.4) is 0 Å². The minimum absolute atomic E-state index is 0.0139. The number of hydrogen-bond acceptors (Lipinski definition) is 3. The number of rotatable bonds is 5. The summed E-state index contributed by atoms with van der Waals surface area (Å²) in [4.78, 5) is 11.2. The van der Waals surface area contributed by atoms with Crippen molar-refractivity contribution in [3.8, 4) is 0 Å². The normalized spacial score (nSPS) is 20.7. The summed E-state index contributed by atoms with van der Waals surface area (Å²) in [7, 11) is -2.34. The maximum absolute atomic E-state index is 11.9. The molecule has 1 saturated carbocycles. The number of carboxylic acids is 1. The van der Waals surface area contributed by atoms with E-state index in [1.54, 1.807) is 6.08 Å². The molecule has 0 radical (unpaired) electrons. The molecule has 0 spiro atoms. The Morgan fingerprint density at radius 2 is 1.89 bits per heavy atom. The molecular weight excluding hydrogens is 251 g/mol. The van der Waals surface area contributed by atoms with E-state index >= 15 is 0 Å². The van der Waals surface area contributed by atoms with Crippen LogP contribution >= 0.6 is 7.80 Å². The van der Waals surface area contributed by atoms with Gasteiger partial charge in [-0.05, 0) is 32.6 Å². The summed E-state index contributed by atoms with van der Waals surface area (Å²) < 4.78 is 11.9. The fourth-order valence-corrected chi connectivity index (χ4v) is 3.23. The van der Waals surface area contributed by atoms with Crippen LogP contribution in [0.15, 0.2) is 11.6 Å². The third kappa shape index (κ3) is 4.95. The molecule has 18 heavy (non-hydrogen) atoms. The van der Waals surface area contributed by atoms with Crippen molar-refractivity contribution in [2.24, 2.45) is 5.92 Å². The van der Waals surface area contributed by atoms with Crippen molar-refractivity contribution < 1.29 is 19.6 Å². The standard InChI is InChI=1S/C13H23O4P/c1-13(2,16)18(17)9-11(12(14)15)8-10-6-4-3-5-7-10/h8,10,16,18H,3-7,9H2,1-2H3,(H,14,15). The van der Waals surface area contributed by atoms with Gasteiger partial charge in [0.15, 0.2) is 0 Å². The fraction of sp³-hybridized carbons (Fsp3) is 0.769. The van der Waals surface area contributed by atoms with Gasteiger partial charge < -0.3 is 14.8 Å². The van der Waals surface area contributed by atoms with Crippen LogP contribution in [0, 0.1) is 5.92 Å². The Balaban J connectivity index is 2.73. The van der Waals surface area contributed by atoms with Crippen molar-refractivity contribution in [3.05, 3.63) is 11.6 Å². The van der Waals surface area contributed by atoms with Gasteiger partial charge in [-0.2, -0.15) is 0 Å². The molecule has 0 bridgehead atoms. The maximum atomic E-state index is 11.9. The lowest BCUT2D eigenvalue weighted by Crippen LogP contribution is -2.17.